The van der Waals surface area contributed by atoms with Gasteiger partial charge in [0.15, 0.2) is 5.60 Å². The predicted octanol–water partition coefficient (Wildman–Crippen LogP) is 5.56. The zero-order chi connectivity index (χ0) is 20.1. The Kier molecular flexibility index (Phi) is 6.16. The molecule has 0 aliphatic carbocycles. The SMILES string of the molecule is CC(C)(Oc1ccc(Br)cc1)C(=O)Nc1ccc(NC(=O)c2cccs2)cc1. The van der Waals surface area contributed by atoms with Crippen LogP contribution in [0.2, 0.25) is 0 Å². The van der Waals surface area contributed by atoms with E-state index >= 15 is 0 Å². The molecule has 7 heteroatoms. The van der Waals surface area contributed by atoms with Crippen LogP contribution in [0, 0.1) is 0 Å². The van der Waals surface area contributed by atoms with E-state index in [9.17, 15) is 9.59 Å². The van der Waals surface area contributed by atoms with Gasteiger partial charge in [-0.3, -0.25) is 9.59 Å². The molecule has 0 spiro atoms. The Balaban J connectivity index is 1.60. The van der Waals surface area contributed by atoms with E-state index in [1.165, 1.54) is 11.3 Å². The average Bonchev–Trinajstić information content (AvgIpc) is 3.20. The molecular weight excluding hydrogens is 440 g/mol. The number of ether oxygens (including phenoxy) is 1. The van der Waals surface area contributed by atoms with Crippen molar-refractivity contribution in [3.8, 4) is 5.75 Å². The number of benzene rings is 2. The molecule has 1 heterocycles. The summed E-state index contributed by atoms with van der Waals surface area (Å²) in [5.74, 6) is 0.177. The minimum atomic E-state index is -1.06. The van der Waals surface area contributed by atoms with Crippen LogP contribution in [0.1, 0.15) is 23.5 Å². The van der Waals surface area contributed by atoms with E-state index in [-0.39, 0.29) is 11.8 Å². The summed E-state index contributed by atoms with van der Waals surface area (Å²) >= 11 is 4.75. The van der Waals surface area contributed by atoms with Crippen molar-refractivity contribution in [2.75, 3.05) is 10.6 Å². The molecule has 0 fully saturated rings. The Hall–Kier alpha value is -2.64. The lowest BCUT2D eigenvalue weighted by Crippen LogP contribution is -2.42. The molecule has 0 atom stereocenters. The lowest BCUT2D eigenvalue weighted by molar-refractivity contribution is -0.128. The van der Waals surface area contributed by atoms with Crippen molar-refractivity contribution in [1.29, 1.82) is 0 Å². The van der Waals surface area contributed by atoms with Crippen molar-refractivity contribution in [1.82, 2.24) is 0 Å². The zero-order valence-corrected chi connectivity index (χ0v) is 17.8. The molecule has 2 amide bonds. The van der Waals surface area contributed by atoms with Gasteiger partial charge in [0.05, 0.1) is 4.88 Å². The van der Waals surface area contributed by atoms with Gasteiger partial charge in [0.25, 0.3) is 11.8 Å². The van der Waals surface area contributed by atoms with Crippen LogP contribution in [0.15, 0.2) is 70.5 Å². The fourth-order valence-corrected chi connectivity index (χ4v) is 3.25. The van der Waals surface area contributed by atoms with Crippen molar-refractivity contribution in [3.63, 3.8) is 0 Å². The smallest absolute Gasteiger partial charge is 0.267 e. The minimum Gasteiger partial charge on any atom is -0.478 e. The number of nitrogens with one attached hydrogen (secondary N) is 2. The van der Waals surface area contributed by atoms with Gasteiger partial charge in [-0.2, -0.15) is 0 Å². The van der Waals surface area contributed by atoms with Crippen LogP contribution in [0.25, 0.3) is 0 Å². The van der Waals surface area contributed by atoms with Gasteiger partial charge in [-0.05, 0) is 73.8 Å². The van der Waals surface area contributed by atoms with Gasteiger partial charge in [-0.15, -0.1) is 11.3 Å². The maximum Gasteiger partial charge on any atom is 0.267 e. The Labute approximate surface area is 175 Å². The molecule has 5 nitrogen and oxygen atoms in total. The highest BCUT2D eigenvalue weighted by molar-refractivity contribution is 9.10. The van der Waals surface area contributed by atoms with Crippen LogP contribution in [0.5, 0.6) is 5.75 Å². The second-order valence-corrected chi connectivity index (χ2v) is 8.39. The van der Waals surface area contributed by atoms with E-state index in [2.05, 4.69) is 26.6 Å². The molecule has 144 valence electrons. The summed E-state index contributed by atoms with van der Waals surface area (Å²) in [7, 11) is 0. The maximum atomic E-state index is 12.6. The third kappa shape index (κ3) is 5.21. The summed E-state index contributed by atoms with van der Waals surface area (Å²) in [6, 6.07) is 17.8. The standard InChI is InChI=1S/C21H19BrN2O3S/c1-21(2,27-17-11-5-14(22)6-12-17)20(26)24-16-9-7-15(8-10-16)23-19(25)18-4-3-13-28-18/h3-13H,1-2H3,(H,23,25)(H,24,26). The van der Waals surface area contributed by atoms with Crippen LogP contribution >= 0.6 is 27.3 Å². The van der Waals surface area contributed by atoms with Crippen molar-refractivity contribution < 1.29 is 14.3 Å². The van der Waals surface area contributed by atoms with Gasteiger partial charge >= 0.3 is 0 Å². The van der Waals surface area contributed by atoms with E-state index in [1.807, 2.05) is 23.6 Å². The Morgan fingerprint density at radius 3 is 2.11 bits per heavy atom. The van der Waals surface area contributed by atoms with Crippen molar-refractivity contribution in [3.05, 3.63) is 75.4 Å². The molecule has 0 unspecified atom stereocenters. The van der Waals surface area contributed by atoms with Crippen LogP contribution in [0.4, 0.5) is 11.4 Å². The third-order valence-corrected chi connectivity index (χ3v) is 5.28. The Bertz CT molecular complexity index is 952. The van der Waals surface area contributed by atoms with Crippen molar-refractivity contribution >= 4 is 50.5 Å². The molecule has 3 aromatic rings. The summed E-state index contributed by atoms with van der Waals surface area (Å²) in [4.78, 5) is 25.3. The fraction of sp³-hybridized carbons (Fsp3) is 0.143. The molecule has 0 saturated carbocycles. The molecule has 3 rings (SSSR count). The van der Waals surface area contributed by atoms with Gasteiger partial charge in [-0.25, -0.2) is 0 Å². The molecule has 1 aromatic heterocycles. The first kappa shape index (κ1) is 20.1. The average molecular weight is 459 g/mol. The van der Waals surface area contributed by atoms with Gasteiger partial charge in [0.2, 0.25) is 0 Å². The largest absolute Gasteiger partial charge is 0.478 e. The molecule has 0 aliphatic rings. The highest BCUT2D eigenvalue weighted by Crippen LogP contribution is 2.23. The third-order valence-electron chi connectivity index (χ3n) is 3.88. The minimum absolute atomic E-state index is 0.157. The number of carbonyl (C=O) groups excluding carboxylic acids is 2. The van der Waals surface area contributed by atoms with Gasteiger partial charge < -0.3 is 15.4 Å². The number of halogens is 1. The number of hydrogen-bond acceptors (Lipinski definition) is 4. The first-order chi connectivity index (χ1) is 13.3. The lowest BCUT2D eigenvalue weighted by Gasteiger charge is -2.25. The number of thiophene rings is 1. The first-order valence-corrected chi connectivity index (χ1v) is 10.2. The summed E-state index contributed by atoms with van der Waals surface area (Å²) in [6.07, 6.45) is 0. The van der Waals surface area contributed by atoms with Crippen molar-refractivity contribution in [2.45, 2.75) is 19.4 Å². The first-order valence-electron chi connectivity index (χ1n) is 8.54. The number of rotatable bonds is 6. The van der Waals surface area contributed by atoms with Crippen LogP contribution in [-0.2, 0) is 4.79 Å². The molecular formula is C21H19BrN2O3S. The summed E-state index contributed by atoms with van der Waals surface area (Å²) < 4.78 is 6.76. The number of carbonyl (C=O) groups is 2. The molecule has 2 aromatic carbocycles. The number of hydrogen-bond donors (Lipinski definition) is 2. The zero-order valence-electron chi connectivity index (χ0n) is 15.4. The second kappa shape index (κ2) is 8.58. The highest BCUT2D eigenvalue weighted by Gasteiger charge is 2.30. The highest BCUT2D eigenvalue weighted by atomic mass is 79.9. The fourth-order valence-electron chi connectivity index (χ4n) is 2.36. The molecule has 2 N–H and O–H groups in total. The van der Waals surface area contributed by atoms with Crippen molar-refractivity contribution in [2.24, 2.45) is 0 Å². The van der Waals surface area contributed by atoms with Gasteiger partial charge in [-0.1, -0.05) is 22.0 Å². The van der Waals surface area contributed by atoms with E-state index < -0.39 is 5.60 Å². The summed E-state index contributed by atoms with van der Waals surface area (Å²) in [6.45, 7) is 3.42. The van der Waals surface area contributed by atoms with Gasteiger partial charge in [0, 0.05) is 15.8 Å². The van der Waals surface area contributed by atoms with Gasteiger partial charge in [0.1, 0.15) is 5.75 Å². The van der Waals surface area contributed by atoms with Crippen LogP contribution in [-0.4, -0.2) is 17.4 Å². The molecule has 0 aliphatic heterocycles. The van der Waals surface area contributed by atoms with Crippen LogP contribution < -0.4 is 15.4 Å². The number of anilines is 2. The normalized spacial score (nSPS) is 11.0. The Morgan fingerprint density at radius 1 is 0.929 bits per heavy atom. The Morgan fingerprint density at radius 2 is 1.54 bits per heavy atom. The summed E-state index contributed by atoms with van der Waals surface area (Å²) in [5.41, 5.74) is 0.216. The predicted molar refractivity (Wildman–Crippen MR) is 116 cm³/mol. The molecule has 28 heavy (non-hydrogen) atoms. The quantitative estimate of drug-likeness (QED) is 0.507. The lowest BCUT2D eigenvalue weighted by atomic mass is 10.1. The van der Waals surface area contributed by atoms with E-state index in [0.717, 1.165) is 4.47 Å². The molecule has 0 radical (unpaired) electrons. The second-order valence-electron chi connectivity index (χ2n) is 6.53. The maximum absolute atomic E-state index is 12.6. The number of amides is 2. The monoisotopic (exact) mass is 458 g/mol. The molecule has 0 bridgehead atoms. The van der Waals surface area contributed by atoms with E-state index in [0.29, 0.717) is 22.0 Å². The summed E-state index contributed by atoms with van der Waals surface area (Å²) in [5, 5.41) is 7.51. The van der Waals surface area contributed by atoms with Crippen LogP contribution in [0.3, 0.4) is 0 Å². The topological polar surface area (TPSA) is 67.4 Å². The van der Waals surface area contributed by atoms with E-state index in [1.54, 1.807) is 56.3 Å². The van der Waals surface area contributed by atoms with E-state index in [4.69, 9.17) is 4.74 Å². The molecule has 0 saturated heterocycles.